The van der Waals surface area contributed by atoms with Crippen LogP contribution in [-0.4, -0.2) is 19.4 Å². The molecule has 1 aliphatic rings. The van der Waals surface area contributed by atoms with Gasteiger partial charge in [0.05, 0.1) is 11.4 Å². The molecule has 0 amide bonds. The minimum absolute atomic E-state index is 0.0202. The molecule has 0 bridgehead atoms. The lowest BCUT2D eigenvalue weighted by Gasteiger charge is -2.16. The zero-order valence-corrected chi connectivity index (χ0v) is 14.9. The summed E-state index contributed by atoms with van der Waals surface area (Å²) in [5.41, 5.74) is 1.00. The fraction of sp³-hybridized carbons (Fsp3) is 0.111. The largest absolute Gasteiger partial charge is 0.426 e. The van der Waals surface area contributed by atoms with Gasteiger partial charge in [0.25, 0.3) is 0 Å². The van der Waals surface area contributed by atoms with Crippen LogP contribution in [0.2, 0.25) is 5.02 Å². The molecule has 0 unspecified atom stereocenters. The van der Waals surface area contributed by atoms with E-state index in [0.717, 1.165) is 0 Å². The molecule has 132 valence electrons. The van der Waals surface area contributed by atoms with Crippen molar-refractivity contribution in [3.8, 4) is 11.5 Å². The van der Waals surface area contributed by atoms with E-state index in [1.54, 1.807) is 18.2 Å². The fourth-order valence-electron chi connectivity index (χ4n) is 2.76. The van der Waals surface area contributed by atoms with Gasteiger partial charge < -0.3 is 8.92 Å². The highest BCUT2D eigenvalue weighted by Crippen LogP contribution is 2.33. The molecule has 3 aromatic rings. The Labute approximate surface area is 154 Å². The van der Waals surface area contributed by atoms with Crippen LogP contribution >= 0.6 is 11.6 Å². The van der Waals surface area contributed by atoms with Crippen molar-refractivity contribution in [3.63, 3.8) is 0 Å². The summed E-state index contributed by atoms with van der Waals surface area (Å²) in [5.74, 6) is 0.135. The smallest absolute Gasteiger partial charge is 0.339 e. The molecule has 1 aliphatic heterocycles. The summed E-state index contributed by atoms with van der Waals surface area (Å²) < 4.78 is 35.8. The monoisotopic (exact) mass is 389 g/mol. The van der Waals surface area contributed by atoms with E-state index in [2.05, 4.69) is 4.98 Å². The second-order valence-electron chi connectivity index (χ2n) is 5.73. The van der Waals surface area contributed by atoms with E-state index in [0.29, 0.717) is 33.7 Å². The first-order valence-electron chi connectivity index (χ1n) is 7.75. The van der Waals surface area contributed by atoms with Crippen LogP contribution < -0.4 is 8.92 Å². The third kappa shape index (κ3) is 3.00. The minimum Gasteiger partial charge on any atom is -0.426 e. The van der Waals surface area contributed by atoms with Crippen molar-refractivity contribution in [2.45, 2.75) is 17.7 Å². The first-order chi connectivity index (χ1) is 12.4. The number of esters is 1. The summed E-state index contributed by atoms with van der Waals surface area (Å²) >= 11 is 6.12. The number of fused-ring (bicyclic) bond motifs is 2. The molecule has 0 spiro atoms. The number of aryl methyl sites for hydroxylation is 1. The maximum absolute atomic E-state index is 12.7. The van der Waals surface area contributed by atoms with Gasteiger partial charge in [0.2, 0.25) is 0 Å². The van der Waals surface area contributed by atoms with Gasteiger partial charge in [-0.2, -0.15) is 8.42 Å². The molecule has 0 saturated heterocycles. The van der Waals surface area contributed by atoms with Crippen LogP contribution in [0.5, 0.6) is 11.5 Å². The van der Waals surface area contributed by atoms with E-state index in [-0.39, 0.29) is 23.0 Å². The van der Waals surface area contributed by atoms with Gasteiger partial charge >= 0.3 is 16.1 Å². The average Bonchev–Trinajstić information content (AvgIpc) is 2.63. The first kappa shape index (κ1) is 16.8. The number of carbonyl (C=O) groups is 1. The predicted octanol–water partition coefficient (Wildman–Crippen LogP) is 3.51. The Hall–Kier alpha value is -2.64. The van der Waals surface area contributed by atoms with Crippen molar-refractivity contribution in [2.24, 2.45) is 0 Å². The summed E-state index contributed by atoms with van der Waals surface area (Å²) in [6, 6.07) is 10.7. The Balaban J connectivity index is 1.73. The lowest BCUT2D eigenvalue weighted by Crippen LogP contribution is -2.17. The lowest BCUT2D eigenvalue weighted by atomic mass is 10.1. The highest BCUT2D eigenvalue weighted by Gasteiger charge is 2.23. The van der Waals surface area contributed by atoms with E-state index < -0.39 is 10.1 Å². The van der Waals surface area contributed by atoms with Crippen molar-refractivity contribution in [1.82, 2.24) is 4.98 Å². The third-order valence-electron chi connectivity index (χ3n) is 4.02. The summed E-state index contributed by atoms with van der Waals surface area (Å²) in [6.45, 7) is 0. The third-order valence-corrected chi connectivity index (χ3v) is 5.58. The number of hydrogen-bond acceptors (Lipinski definition) is 6. The van der Waals surface area contributed by atoms with Crippen molar-refractivity contribution >= 4 is 38.6 Å². The van der Waals surface area contributed by atoms with Gasteiger partial charge in [0.15, 0.2) is 5.75 Å². The molecule has 6 nitrogen and oxygen atoms in total. The molecule has 8 heteroatoms. The van der Waals surface area contributed by atoms with E-state index >= 15 is 0 Å². The van der Waals surface area contributed by atoms with Crippen LogP contribution in [0.15, 0.2) is 53.6 Å². The topological polar surface area (TPSA) is 82.6 Å². The summed E-state index contributed by atoms with van der Waals surface area (Å²) in [5, 5.41) is 1.05. The van der Waals surface area contributed by atoms with Crippen LogP contribution in [0, 0.1) is 0 Å². The summed E-state index contributed by atoms with van der Waals surface area (Å²) in [6.07, 6.45) is 2.16. The predicted molar refractivity (Wildman–Crippen MR) is 95.0 cm³/mol. The maximum atomic E-state index is 12.7. The number of ether oxygens (including phenoxy) is 1. The number of benzene rings is 2. The lowest BCUT2D eigenvalue weighted by molar-refractivity contribution is -0.135. The van der Waals surface area contributed by atoms with Gasteiger partial charge in [-0.05, 0) is 54.4 Å². The van der Waals surface area contributed by atoms with Gasteiger partial charge in [-0.15, -0.1) is 0 Å². The fourth-order valence-corrected chi connectivity index (χ4v) is 3.97. The Morgan fingerprint density at radius 3 is 2.81 bits per heavy atom. The molecule has 0 atom stereocenters. The molecule has 2 heterocycles. The van der Waals surface area contributed by atoms with Crippen LogP contribution in [-0.2, 0) is 21.3 Å². The molecule has 1 aromatic heterocycles. The van der Waals surface area contributed by atoms with Gasteiger partial charge in [0, 0.05) is 11.6 Å². The highest BCUT2D eigenvalue weighted by atomic mass is 35.5. The number of nitrogens with zero attached hydrogens (tertiary/aromatic N) is 1. The van der Waals surface area contributed by atoms with Crippen molar-refractivity contribution in [1.29, 1.82) is 0 Å². The quantitative estimate of drug-likeness (QED) is 0.387. The van der Waals surface area contributed by atoms with Crippen molar-refractivity contribution in [3.05, 3.63) is 59.2 Å². The van der Waals surface area contributed by atoms with E-state index in [9.17, 15) is 13.2 Å². The summed E-state index contributed by atoms with van der Waals surface area (Å²) in [7, 11) is -4.09. The average molecular weight is 390 g/mol. The standard InChI is InChI=1S/C18H12ClNO5S/c19-14-5-7-16(18-13(14)2-1-9-20-18)25-26(22,23)12-4-6-15-11(10-12)3-8-17(21)24-15/h1-2,4-7,9-10H,3,8H2. The molecule has 0 radical (unpaired) electrons. The van der Waals surface area contributed by atoms with E-state index in [1.807, 2.05) is 0 Å². The van der Waals surface area contributed by atoms with Crippen LogP contribution in [0.4, 0.5) is 0 Å². The van der Waals surface area contributed by atoms with E-state index in [4.69, 9.17) is 20.5 Å². The first-order valence-corrected chi connectivity index (χ1v) is 9.54. The highest BCUT2D eigenvalue weighted by molar-refractivity contribution is 7.87. The minimum atomic E-state index is -4.09. The number of carbonyl (C=O) groups excluding carboxylic acids is 1. The summed E-state index contributed by atoms with van der Waals surface area (Å²) in [4.78, 5) is 15.5. The van der Waals surface area contributed by atoms with Gasteiger partial charge in [-0.25, -0.2) is 0 Å². The molecule has 0 aliphatic carbocycles. The zero-order valence-electron chi connectivity index (χ0n) is 13.3. The number of hydrogen-bond donors (Lipinski definition) is 0. The van der Waals surface area contributed by atoms with Gasteiger partial charge in [-0.1, -0.05) is 11.6 Å². The molecular formula is C18H12ClNO5S. The second kappa shape index (κ2) is 6.26. The maximum Gasteiger partial charge on any atom is 0.339 e. The van der Waals surface area contributed by atoms with Gasteiger partial charge in [-0.3, -0.25) is 9.78 Å². The number of rotatable bonds is 3. The van der Waals surface area contributed by atoms with Crippen molar-refractivity contribution in [2.75, 3.05) is 0 Å². The normalized spacial score (nSPS) is 14.0. The van der Waals surface area contributed by atoms with Gasteiger partial charge in [0.1, 0.15) is 16.2 Å². The Bertz CT molecular complexity index is 1140. The Kier molecular flexibility index (Phi) is 4.05. The van der Waals surface area contributed by atoms with Crippen molar-refractivity contribution < 1.29 is 22.1 Å². The molecule has 4 rings (SSSR count). The number of halogens is 1. The van der Waals surface area contributed by atoms with Crippen LogP contribution in [0.3, 0.4) is 0 Å². The molecular weight excluding hydrogens is 378 g/mol. The number of aromatic nitrogens is 1. The molecule has 26 heavy (non-hydrogen) atoms. The number of pyridine rings is 1. The second-order valence-corrected chi connectivity index (χ2v) is 7.68. The molecule has 0 fully saturated rings. The SMILES string of the molecule is O=C1CCc2cc(S(=O)(=O)Oc3ccc(Cl)c4cccnc34)ccc2O1. The Morgan fingerprint density at radius 1 is 1.12 bits per heavy atom. The van der Waals surface area contributed by atoms with Crippen LogP contribution in [0.25, 0.3) is 10.9 Å². The van der Waals surface area contributed by atoms with Crippen LogP contribution in [0.1, 0.15) is 12.0 Å². The molecule has 0 N–H and O–H groups in total. The molecule has 2 aromatic carbocycles. The zero-order chi connectivity index (χ0) is 18.3. The van der Waals surface area contributed by atoms with E-state index in [1.165, 1.54) is 30.5 Å². The Morgan fingerprint density at radius 2 is 1.96 bits per heavy atom. The molecule has 0 saturated carbocycles.